The van der Waals surface area contributed by atoms with Crippen molar-refractivity contribution >= 4 is 76.2 Å². The van der Waals surface area contributed by atoms with Crippen molar-refractivity contribution < 1.29 is 57.8 Å². The van der Waals surface area contributed by atoms with Gasteiger partial charge in [-0.25, -0.2) is 0 Å². The molecular weight excluding hydrogens is 1160 g/mol. The fourth-order valence-electron chi connectivity index (χ4n) is 11.5. The predicted molar refractivity (Wildman–Crippen MR) is 354 cm³/mol. The van der Waals surface area contributed by atoms with Gasteiger partial charge in [-0.2, -0.15) is 0 Å². The van der Waals surface area contributed by atoms with Gasteiger partial charge in [0.1, 0.15) is 60.4 Å². The first-order valence-electron chi connectivity index (χ1n) is 32.3. The second kappa shape index (κ2) is 35.6. The Morgan fingerprint density at radius 1 is 0.505 bits per heavy atom. The molecule has 24 heteroatoms. The minimum Gasteiger partial charge on any atom is -0.399 e. The number of likely N-dealkylation sites (N-methyl/N-ethyl adjacent to an activating group) is 7. The summed E-state index contributed by atoms with van der Waals surface area (Å²) in [6.07, 6.45) is 0.966. The summed E-state index contributed by atoms with van der Waals surface area (Å²) in [6.45, 7) is 29.1. The van der Waals surface area contributed by atoms with Gasteiger partial charge in [-0.15, -0.1) is 0 Å². The Labute approximate surface area is 542 Å². The Hall–Kier alpha value is -7.11. The molecule has 0 radical (unpaired) electrons. The number of aliphatic hydroxyl groups is 1. The molecule has 91 heavy (non-hydrogen) atoms. The molecule has 1 saturated heterocycles. The number of hydrogen-bond donors (Lipinski definition) is 6. The number of nitrogens with one attached hydrogen (secondary N) is 4. The number of nitrogens with two attached hydrogens (primary N) is 1. The molecule has 1 aliphatic rings. The van der Waals surface area contributed by atoms with E-state index in [1.165, 1.54) is 87.7 Å². The van der Waals surface area contributed by atoms with Crippen LogP contribution in [-0.4, -0.2) is 227 Å². The number of anilines is 1. The van der Waals surface area contributed by atoms with Crippen LogP contribution in [0.5, 0.6) is 0 Å². The molecule has 1 aromatic carbocycles. The van der Waals surface area contributed by atoms with E-state index in [9.17, 15) is 43.5 Å². The summed E-state index contributed by atoms with van der Waals surface area (Å²) >= 11 is 0. The number of nitrogen functional groups attached to an aromatic ring is 1. The third-order valence-electron chi connectivity index (χ3n) is 17.3. The molecule has 1 aliphatic heterocycles. The van der Waals surface area contributed by atoms with Gasteiger partial charge >= 0.3 is 0 Å². The molecule has 11 amide bonds. The number of benzene rings is 1. The molecule has 0 saturated carbocycles. The highest BCUT2D eigenvalue weighted by molar-refractivity contribution is 5.99. The molecule has 0 bridgehead atoms. The summed E-state index contributed by atoms with van der Waals surface area (Å²) in [5.41, 5.74) is 8.25. The van der Waals surface area contributed by atoms with Crippen LogP contribution in [0.4, 0.5) is 5.69 Å². The van der Waals surface area contributed by atoms with Crippen molar-refractivity contribution in [3.05, 3.63) is 35.9 Å². The molecule has 1 aromatic rings. The fourth-order valence-corrected chi connectivity index (χ4v) is 11.5. The van der Waals surface area contributed by atoms with Crippen molar-refractivity contribution in [2.75, 3.05) is 61.6 Å². The van der Waals surface area contributed by atoms with Gasteiger partial charge in [0.05, 0.1) is 12.6 Å². The lowest BCUT2D eigenvalue weighted by Gasteiger charge is -2.42. The topological polar surface area (TPSA) is 305 Å². The van der Waals surface area contributed by atoms with Crippen LogP contribution in [0.2, 0.25) is 0 Å². The Kier molecular flexibility index (Phi) is 31.3. The lowest BCUT2D eigenvalue weighted by molar-refractivity contribution is -0.158. The molecule has 0 aromatic heterocycles. The maximum absolute atomic E-state index is 15.4. The minimum atomic E-state index is -1.67. The van der Waals surface area contributed by atoms with Crippen LogP contribution in [0, 0.1) is 41.4 Å². The van der Waals surface area contributed by atoms with Crippen molar-refractivity contribution in [3.63, 3.8) is 0 Å². The first-order chi connectivity index (χ1) is 42.0. The van der Waals surface area contributed by atoms with Gasteiger partial charge in [0, 0.05) is 55.0 Å². The zero-order valence-corrected chi connectivity index (χ0v) is 59.2. The largest absolute Gasteiger partial charge is 0.399 e. The van der Waals surface area contributed by atoms with Crippen LogP contribution in [0.1, 0.15) is 155 Å². The van der Waals surface area contributed by atoms with Gasteiger partial charge < -0.3 is 66.4 Å². The zero-order valence-electron chi connectivity index (χ0n) is 59.2. The summed E-state index contributed by atoms with van der Waals surface area (Å²) in [5, 5.41) is 23.4. The smallest absolute Gasteiger partial charge is 0.246 e. The van der Waals surface area contributed by atoms with E-state index in [-0.39, 0.29) is 49.9 Å². The minimum absolute atomic E-state index is 0.000352. The molecule has 12 atom stereocenters. The number of carbonyl (C=O) groups is 11. The molecule has 24 nitrogen and oxygen atoms in total. The molecule has 0 aliphatic carbocycles. The standard InChI is InChI=1S/C67H114N12O12/c1-25-48-63(87)73(18)35-52(80)74(19)49(32-36(2)3)60(84)72-53(39(8)9)65(89)75(20)50(33-37(4)5)59(83)69-44(16)58(82)70-45(17)62(86)77(22)54(40(10)11)66(90)76(21)51(34-38(6)7)64(88)78(23)55(41(12)13)67(91)79(24)56(61(85)71-48)57(81)43(15)27-26-42(14)46-28-30-47(68)31-29-46/h26,28-31,36-41,43-45,48-51,53-57,81H,25,27,32-35,68H2,1-24H3,(H,69,83)(H,70,82)(H,71,85)(H,72,84)/b42-26-/t43-,44+,45+,48+,49+,50+,51+,53+,54?,55+,56?,57-/m1/s1. The molecule has 2 unspecified atom stereocenters. The molecule has 514 valence electrons. The molecule has 0 spiro atoms. The van der Waals surface area contributed by atoms with E-state index >= 15 is 14.4 Å². The van der Waals surface area contributed by atoms with Gasteiger partial charge in [-0.1, -0.05) is 115 Å². The van der Waals surface area contributed by atoms with Crippen LogP contribution < -0.4 is 27.0 Å². The first-order valence-corrected chi connectivity index (χ1v) is 32.3. The third kappa shape index (κ3) is 21.8. The first kappa shape index (κ1) is 80.0. The summed E-state index contributed by atoms with van der Waals surface area (Å²) in [7, 11) is 9.87. The average molecular weight is 1280 g/mol. The maximum atomic E-state index is 15.4. The number of allylic oxidation sites excluding steroid dienone is 2. The van der Waals surface area contributed by atoms with Crippen molar-refractivity contribution in [1.82, 2.24) is 55.6 Å². The molecule has 1 fully saturated rings. The van der Waals surface area contributed by atoms with Gasteiger partial charge in [-0.3, -0.25) is 52.7 Å². The van der Waals surface area contributed by atoms with Crippen molar-refractivity contribution in [2.24, 2.45) is 41.4 Å². The van der Waals surface area contributed by atoms with Gasteiger partial charge in [0.2, 0.25) is 65.0 Å². The zero-order chi connectivity index (χ0) is 70.1. The average Bonchev–Trinajstić information content (AvgIpc) is 1.00. The monoisotopic (exact) mass is 1280 g/mol. The number of carbonyl (C=O) groups excluding carboxylic acids is 11. The van der Waals surface area contributed by atoms with Crippen LogP contribution in [0.15, 0.2) is 30.3 Å². The van der Waals surface area contributed by atoms with Crippen molar-refractivity contribution in [3.8, 4) is 0 Å². The second-order valence-electron chi connectivity index (χ2n) is 27.6. The highest BCUT2D eigenvalue weighted by Gasteiger charge is 2.46. The fraction of sp³-hybridized carbons (Fsp3) is 0.716. The highest BCUT2D eigenvalue weighted by Crippen LogP contribution is 2.27. The Bertz CT molecular complexity index is 2710. The molecule has 1 heterocycles. The molecule has 7 N–H and O–H groups in total. The van der Waals surface area contributed by atoms with E-state index in [2.05, 4.69) is 21.3 Å². The van der Waals surface area contributed by atoms with Crippen molar-refractivity contribution in [2.45, 2.75) is 216 Å². The van der Waals surface area contributed by atoms with Crippen LogP contribution in [-0.2, 0) is 52.7 Å². The number of rotatable bonds is 15. The van der Waals surface area contributed by atoms with E-state index in [0.717, 1.165) is 20.9 Å². The lowest BCUT2D eigenvalue weighted by Crippen LogP contribution is -2.63. The number of nitrogens with zero attached hydrogens (tertiary/aromatic N) is 7. The van der Waals surface area contributed by atoms with Crippen LogP contribution >= 0.6 is 0 Å². The number of hydrogen-bond acceptors (Lipinski definition) is 13. The summed E-state index contributed by atoms with van der Waals surface area (Å²) in [6, 6.07) is -5.35. The Morgan fingerprint density at radius 3 is 1.41 bits per heavy atom. The van der Waals surface area contributed by atoms with Gasteiger partial charge in [0.15, 0.2) is 0 Å². The van der Waals surface area contributed by atoms with Gasteiger partial charge in [0.25, 0.3) is 0 Å². The van der Waals surface area contributed by atoms with E-state index in [1.54, 1.807) is 67.5 Å². The number of aliphatic hydroxyl groups excluding tert-OH is 1. The normalized spacial score (nSPS) is 26.0. The van der Waals surface area contributed by atoms with E-state index in [0.29, 0.717) is 5.69 Å². The lowest BCUT2D eigenvalue weighted by atomic mass is 9.90. The second-order valence-corrected chi connectivity index (χ2v) is 27.6. The van der Waals surface area contributed by atoms with E-state index < -0.39 is 162 Å². The number of amides is 11. The van der Waals surface area contributed by atoms with Crippen molar-refractivity contribution in [1.29, 1.82) is 0 Å². The molecular formula is C67H114N12O12. The predicted octanol–water partition coefficient (Wildman–Crippen LogP) is 3.99. The highest BCUT2D eigenvalue weighted by atomic mass is 16.3. The summed E-state index contributed by atoms with van der Waals surface area (Å²) in [5.74, 6) is -10.4. The SMILES string of the molecule is CC[C@@H]1NC(=O)C([C@H](O)[C@H](C)C/C=C(/C)c2ccc(N)cc2)N(C)C(=O)[C@H](C(C)C)N(C)C(=O)[C@H](CC(C)C)N(C)C(=O)C(C(C)C)N(C)C(=O)[C@H](C)NC(=O)[C@H](C)NC(=O)[C@H](CC(C)C)N(C)C(=O)[C@H](C(C)C)NC(=O)[C@H](CC(C)C)N(C)C(=O)CN(C)C1=O. The van der Waals surface area contributed by atoms with E-state index in [4.69, 9.17) is 5.73 Å². The molecule has 2 rings (SSSR count). The third-order valence-corrected chi connectivity index (χ3v) is 17.3. The van der Waals surface area contributed by atoms with Crippen LogP contribution in [0.3, 0.4) is 0 Å². The Balaban J connectivity index is 3.00. The summed E-state index contributed by atoms with van der Waals surface area (Å²) < 4.78 is 0. The Morgan fingerprint density at radius 2 is 0.934 bits per heavy atom. The van der Waals surface area contributed by atoms with Gasteiger partial charge in [-0.05, 0) is 118 Å². The quantitative estimate of drug-likeness (QED) is 0.136. The van der Waals surface area contributed by atoms with E-state index in [1.807, 2.05) is 66.7 Å². The van der Waals surface area contributed by atoms with Crippen LogP contribution in [0.25, 0.3) is 5.57 Å². The summed E-state index contributed by atoms with van der Waals surface area (Å²) in [4.78, 5) is 170. The maximum Gasteiger partial charge on any atom is 0.246 e.